The van der Waals surface area contributed by atoms with Gasteiger partial charge in [-0.25, -0.2) is 0 Å². The number of hydrogen-bond donors (Lipinski definition) is 7. The molecular formula is C65H102F3N9O14. The van der Waals surface area contributed by atoms with Crippen molar-refractivity contribution in [3.05, 3.63) is 77.4 Å². The molecule has 0 radical (unpaired) electrons. The molecule has 1 unspecified atom stereocenters. The Bertz CT molecular complexity index is 2620. The average Bonchev–Trinajstić information content (AvgIpc) is 0.841. The topological polar surface area (TPSA) is 268 Å². The van der Waals surface area contributed by atoms with Crippen molar-refractivity contribution in [3.63, 3.8) is 0 Å². The van der Waals surface area contributed by atoms with Crippen molar-refractivity contribution in [2.24, 2.45) is 11.3 Å². The number of alkyl halides is 3. The number of halogens is 3. The van der Waals surface area contributed by atoms with Gasteiger partial charge in [-0.3, -0.25) is 43.6 Å². The first-order valence-electron chi connectivity index (χ1n) is 31.8. The molecule has 512 valence electrons. The number of para-hydroxylation sites is 1. The number of aliphatic hydroxyl groups is 1. The van der Waals surface area contributed by atoms with E-state index in [1.54, 1.807) is 26.5 Å². The summed E-state index contributed by atoms with van der Waals surface area (Å²) in [5.41, 5.74) is 3.14. The van der Waals surface area contributed by atoms with E-state index >= 15 is 0 Å². The lowest BCUT2D eigenvalue weighted by molar-refractivity contribution is -0.140. The predicted octanol–water partition coefficient (Wildman–Crippen LogP) is 5.28. The lowest BCUT2D eigenvalue weighted by Gasteiger charge is -2.43. The van der Waals surface area contributed by atoms with Gasteiger partial charge < -0.3 is 69.9 Å². The first-order valence-corrected chi connectivity index (χ1v) is 31.8. The third kappa shape index (κ3) is 29.5. The van der Waals surface area contributed by atoms with Crippen molar-refractivity contribution in [1.29, 1.82) is 0 Å². The molecule has 3 aromatic rings. The zero-order valence-electron chi connectivity index (χ0n) is 54.5. The fraction of sp³-hybridized carbons (Fsp3) is 0.646. The third-order valence-corrected chi connectivity index (χ3v) is 15.2. The van der Waals surface area contributed by atoms with Crippen LogP contribution in [0, 0.1) is 11.3 Å². The number of carboxylic acids is 3. The standard InChI is InChI=1S/C41H57F3N4O3.C24H45N5O11/c1-8-32-27-47(39(49)35-17-16-33(50-9-2)24-36(35)41(42,43)44)21-22-48(32)37-18-15-30(34-13-11-12-14-38(34)51-10-3)23-31(37)26-45-19-20-46-28-40(6,7)25-29(4)5;30-10-12-39-14-16-40-15-13-38-11-1-25-21(31)17-26-2-4-27(18-22(32)33)6-8-29(20-24(36)37)9-7-28(5-3-26)19-23(34)35/h11-18,23-24,29,32,45-46H,8-10,19-22,25-28H2,1-7H3;30H,1-20H2,(H,25,31)(H,32,33)(H,34,35)(H,36,37). The van der Waals surface area contributed by atoms with Crippen molar-refractivity contribution in [2.45, 2.75) is 80.1 Å². The van der Waals surface area contributed by atoms with Crippen LogP contribution in [0.2, 0.25) is 0 Å². The molecule has 2 aliphatic rings. The fourth-order valence-corrected chi connectivity index (χ4v) is 11.2. The first-order chi connectivity index (χ1) is 43.5. The molecule has 2 fully saturated rings. The second kappa shape index (κ2) is 41.4. The van der Waals surface area contributed by atoms with Crippen LogP contribution in [0.4, 0.5) is 18.9 Å². The van der Waals surface area contributed by atoms with Crippen molar-refractivity contribution >= 4 is 35.4 Å². The van der Waals surface area contributed by atoms with Crippen LogP contribution in [-0.2, 0) is 46.1 Å². The predicted molar refractivity (Wildman–Crippen MR) is 342 cm³/mol. The Morgan fingerprint density at radius 2 is 1.19 bits per heavy atom. The molecule has 0 aliphatic carbocycles. The number of amides is 2. The maximum absolute atomic E-state index is 14.1. The molecule has 26 heteroatoms. The summed E-state index contributed by atoms with van der Waals surface area (Å²) in [5.74, 6) is -2.31. The number of nitrogens with one attached hydrogen (secondary N) is 3. The van der Waals surface area contributed by atoms with E-state index in [2.05, 4.69) is 79.7 Å². The highest BCUT2D eigenvalue weighted by atomic mass is 19.4. The summed E-state index contributed by atoms with van der Waals surface area (Å²) >= 11 is 0. The largest absolute Gasteiger partial charge is 0.494 e. The summed E-state index contributed by atoms with van der Waals surface area (Å²) in [6, 6.07) is 18.0. The SMILES string of the molecule is CCOc1ccc(C(=O)N2CCN(c3ccc(-c4ccccc4OCC)cc3CNCCNCC(C)(C)CC(C)C)C(CC)C2)c(C(F)(F)F)c1.O=C(O)CN1CCN(CC(=O)O)CCN(CC(=O)NCCOCCOCCOCCO)CCN(CC(=O)O)CC1. The number of carbonyl (C=O) groups excluding carboxylic acids is 2. The van der Waals surface area contributed by atoms with Crippen LogP contribution < -0.4 is 30.3 Å². The highest BCUT2D eigenvalue weighted by Crippen LogP contribution is 2.38. The van der Waals surface area contributed by atoms with E-state index in [0.29, 0.717) is 131 Å². The van der Waals surface area contributed by atoms with Crippen LogP contribution in [0.3, 0.4) is 0 Å². The van der Waals surface area contributed by atoms with Crippen LogP contribution in [-0.4, -0.2) is 265 Å². The van der Waals surface area contributed by atoms with Gasteiger partial charge in [0, 0.05) is 122 Å². The van der Waals surface area contributed by atoms with E-state index < -0.39 is 35.6 Å². The zero-order valence-corrected chi connectivity index (χ0v) is 54.5. The lowest BCUT2D eigenvalue weighted by Crippen LogP contribution is -2.55. The van der Waals surface area contributed by atoms with Crippen LogP contribution in [0.25, 0.3) is 11.1 Å². The van der Waals surface area contributed by atoms with Crippen LogP contribution in [0.1, 0.15) is 82.8 Å². The number of rotatable bonds is 36. The average molecular weight is 1290 g/mol. The van der Waals surface area contributed by atoms with E-state index in [0.717, 1.165) is 66.7 Å². The molecule has 2 amide bonds. The van der Waals surface area contributed by atoms with Crippen molar-refractivity contribution in [2.75, 3.05) is 189 Å². The molecule has 91 heavy (non-hydrogen) atoms. The molecule has 0 aromatic heterocycles. The Balaban J connectivity index is 0.000000401. The monoisotopic (exact) mass is 1290 g/mol. The minimum Gasteiger partial charge on any atom is -0.494 e. The fourth-order valence-electron chi connectivity index (χ4n) is 11.2. The van der Waals surface area contributed by atoms with Crippen molar-refractivity contribution < 1.29 is 81.3 Å². The first kappa shape index (κ1) is 77.2. The Kier molecular flexibility index (Phi) is 35.1. The molecule has 7 N–H and O–H groups in total. The van der Waals surface area contributed by atoms with E-state index in [1.165, 1.54) is 12.1 Å². The molecular weight excluding hydrogens is 1190 g/mol. The van der Waals surface area contributed by atoms with Gasteiger partial charge in [-0.05, 0) is 85.5 Å². The minimum atomic E-state index is -4.69. The minimum absolute atomic E-state index is 0.0338. The van der Waals surface area contributed by atoms with E-state index in [1.807, 2.05) is 30.0 Å². The van der Waals surface area contributed by atoms with Gasteiger partial charge in [-0.1, -0.05) is 58.9 Å². The summed E-state index contributed by atoms with van der Waals surface area (Å²) in [6.45, 7) is 24.4. The summed E-state index contributed by atoms with van der Waals surface area (Å²) in [4.78, 5) is 71.1. The summed E-state index contributed by atoms with van der Waals surface area (Å²) in [5, 5.41) is 46.5. The molecule has 2 aliphatic heterocycles. The Labute approximate surface area is 535 Å². The molecule has 2 heterocycles. The smallest absolute Gasteiger partial charge is 0.417 e. The molecule has 5 rings (SSSR count). The second-order valence-electron chi connectivity index (χ2n) is 23.7. The van der Waals surface area contributed by atoms with Crippen LogP contribution >= 0.6 is 0 Å². The normalized spacial score (nSPS) is 16.2. The zero-order chi connectivity index (χ0) is 66.8. The second-order valence-corrected chi connectivity index (χ2v) is 23.7. The summed E-state index contributed by atoms with van der Waals surface area (Å²) in [6.07, 6.45) is -2.81. The number of ether oxygens (including phenoxy) is 5. The highest BCUT2D eigenvalue weighted by Gasteiger charge is 2.39. The quantitative estimate of drug-likeness (QED) is 0.0365. The van der Waals surface area contributed by atoms with Gasteiger partial charge in [0.25, 0.3) is 5.91 Å². The Hall–Kier alpha value is -6.20. The van der Waals surface area contributed by atoms with Gasteiger partial charge in [-0.15, -0.1) is 0 Å². The van der Waals surface area contributed by atoms with Crippen LogP contribution in [0.15, 0.2) is 60.7 Å². The van der Waals surface area contributed by atoms with Crippen molar-refractivity contribution in [1.82, 2.24) is 40.4 Å². The van der Waals surface area contributed by atoms with E-state index in [-0.39, 0.29) is 74.7 Å². The maximum Gasteiger partial charge on any atom is 0.417 e. The van der Waals surface area contributed by atoms with Gasteiger partial charge in [-0.2, -0.15) is 13.2 Å². The molecule has 0 saturated carbocycles. The van der Waals surface area contributed by atoms with E-state index in [9.17, 15) is 52.5 Å². The number of anilines is 1. The number of aliphatic hydroxyl groups excluding tert-OH is 1. The summed E-state index contributed by atoms with van der Waals surface area (Å²) < 4.78 is 69.4. The molecule has 2 saturated heterocycles. The number of nitrogens with zero attached hydrogens (tertiary/aromatic N) is 6. The van der Waals surface area contributed by atoms with Crippen LogP contribution in [0.5, 0.6) is 11.5 Å². The molecule has 1 atom stereocenters. The van der Waals surface area contributed by atoms with E-state index in [4.69, 9.17) is 28.8 Å². The van der Waals surface area contributed by atoms with Crippen molar-refractivity contribution in [3.8, 4) is 22.6 Å². The Morgan fingerprint density at radius 1 is 0.637 bits per heavy atom. The number of piperazine rings is 1. The number of carbonyl (C=O) groups is 5. The lowest BCUT2D eigenvalue weighted by atomic mass is 9.84. The molecule has 0 spiro atoms. The number of carboxylic acid groups (broad SMARTS) is 3. The van der Waals surface area contributed by atoms with Gasteiger partial charge in [0.2, 0.25) is 5.91 Å². The molecule has 23 nitrogen and oxygen atoms in total. The van der Waals surface area contributed by atoms with Gasteiger partial charge in [0.15, 0.2) is 0 Å². The van der Waals surface area contributed by atoms with Gasteiger partial charge >= 0.3 is 24.1 Å². The van der Waals surface area contributed by atoms with Gasteiger partial charge in [0.1, 0.15) is 11.5 Å². The van der Waals surface area contributed by atoms with Gasteiger partial charge in [0.05, 0.1) is 96.8 Å². The summed E-state index contributed by atoms with van der Waals surface area (Å²) in [7, 11) is 0. The Morgan fingerprint density at radius 3 is 1.73 bits per heavy atom. The molecule has 3 aromatic carbocycles. The maximum atomic E-state index is 14.1. The number of benzene rings is 3. The number of hydrogen-bond acceptors (Lipinski definition) is 18. The number of aliphatic carboxylic acids is 3. The molecule has 0 bridgehead atoms. The third-order valence-electron chi connectivity index (χ3n) is 15.2. The highest BCUT2D eigenvalue weighted by molar-refractivity contribution is 5.96.